The van der Waals surface area contributed by atoms with Crippen molar-refractivity contribution in [1.29, 1.82) is 0 Å². The molecule has 1 fully saturated rings. The summed E-state index contributed by atoms with van der Waals surface area (Å²) in [7, 11) is 0. The molecule has 1 aromatic heterocycles. The number of Topliss-reactive ketones (excluding diaryl/α,β-unsaturated/α-hetero) is 1. The van der Waals surface area contributed by atoms with Gasteiger partial charge in [0.1, 0.15) is 11.5 Å². The molecule has 0 N–H and O–H groups in total. The molecule has 0 saturated carbocycles. The highest BCUT2D eigenvalue weighted by atomic mass is 16.2. The van der Waals surface area contributed by atoms with Gasteiger partial charge in [0, 0.05) is 25.2 Å². The Morgan fingerprint density at radius 2 is 2.29 bits per heavy atom. The molecule has 90 valence electrons. The Hall–Kier alpha value is -1.71. The highest BCUT2D eigenvalue weighted by molar-refractivity contribution is 5.93. The molecule has 1 aliphatic rings. The molecule has 1 saturated heterocycles. The van der Waals surface area contributed by atoms with E-state index < -0.39 is 0 Å². The van der Waals surface area contributed by atoms with Gasteiger partial charge in [0.2, 0.25) is 0 Å². The van der Waals surface area contributed by atoms with Gasteiger partial charge in [-0.3, -0.25) is 14.6 Å². The van der Waals surface area contributed by atoms with E-state index in [9.17, 15) is 9.59 Å². The molecule has 1 aromatic rings. The molecule has 0 bridgehead atoms. The molecule has 0 aliphatic carbocycles. The van der Waals surface area contributed by atoms with E-state index in [2.05, 4.69) is 4.98 Å². The van der Waals surface area contributed by atoms with Crippen molar-refractivity contribution in [1.82, 2.24) is 9.88 Å². The number of amides is 1. The van der Waals surface area contributed by atoms with Gasteiger partial charge in [-0.25, -0.2) is 0 Å². The van der Waals surface area contributed by atoms with Gasteiger partial charge in [0.25, 0.3) is 5.91 Å². The van der Waals surface area contributed by atoms with Crippen LogP contribution in [0.25, 0.3) is 0 Å². The van der Waals surface area contributed by atoms with Gasteiger partial charge in [-0.2, -0.15) is 0 Å². The van der Waals surface area contributed by atoms with Crippen LogP contribution < -0.4 is 0 Å². The van der Waals surface area contributed by atoms with Crippen molar-refractivity contribution in [2.45, 2.75) is 32.2 Å². The van der Waals surface area contributed by atoms with Gasteiger partial charge in [-0.1, -0.05) is 6.07 Å². The zero-order chi connectivity index (χ0) is 12.3. The highest BCUT2D eigenvalue weighted by Crippen LogP contribution is 2.22. The summed E-state index contributed by atoms with van der Waals surface area (Å²) < 4.78 is 0. The Balaban J connectivity index is 2.11. The molecule has 0 radical (unpaired) electrons. The van der Waals surface area contributed by atoms with Gasteiger partial charge < -0.3 is 4.90 Å². The third-order valence-electron chi connectivity index (χ3n) is 3.05. The average molecular weight is 232 g/mol. The summed E-state index contributed by atoms with van der Waals surface area (Å²) >= 11 is 0. The van der Waals surface area contributed by atoms with Gasteiger partial charge in [0.05, 0.1) is 0 Å². The molecule has 17 heavy (non-hydrogen) atoms. The van der Waals surface area contributed by atoms with Crippen LogP contribution in [0.2, 0.25) is 0 Å². The Kier molecular flexibility index (Phi) is 3.52. The number of likely N-dealkylation sites (tertiary alicyclic amines) is 1. The zero-order valence-corrected chi connectivity index (χ0v) is 9.93. The number of hydrogen-bond donors (Lipinski definition) is 0. The maximum atomic E-state index is 12.2. The topological polar surface area (TPSA) is 50.3 Å². The van der Waals surface area contributed by atoms with E-state index in [-0.39, 0.29) is 17.7 Å². The molecule has 0 aromatic carbocycles. The fourth-order valence-electron chi connectivity index (χ4n) is 2.28. The minimum absolute atomic E-state index is 0.0574. The molecule has 1 aliphatic heterocycles. The first-order valence-corrected chi connectivity index (χ1v) is 5.90. The van der Waals surface area contributed by atoms with Gasteiger partial charge in [-0.15, -0.1) is 0 Å². The van der Waals surface area contributed by atoms with Crippen LogP contribution in [0.3, 0.4) is 0 Å². The highest BCUT2D eigenvalue weighted by Gasteiger charge is 2.30. The molecule has 4 heteroatoms. The number of nitrogens with zero attached hydrogens (tertiary/aromatic N) is 2. The van der Waals surface area contributed by atoms with Crippen molar-refractivity contribution >= 4 is 11.7 Å². The summed E-state index contributed by atoms with van der Waals surface area (Å²) in [6.07, 6.45) is 3.95. The standard InChI is InChI=1S/C13H16N2O2/c1-10(16)9-11-5-4-8-15(11)13(17)12-6-2-3-7-14-12/h2-3,6-7,11H,4-5,8-9H2,1H3. The van der Waals surface area contributed by atoms with E-state index in [0.29, 0.717) is 12.1 Å². The summed E-state index contributed by atoms with van der Waals surface area (Å²) in [4.78, 5) is 29.2. The first kappa shape index (κ1) is 11.8. The van der Waals surface area contributed by atoms with E-state index in [4.69, 9.17) is 0 Å². The molecule has 1 amide bonds. The number of carbonyl (C=O) groups is 2. The van der Waals surface area contributed by atoms with Crippen molar-refractivity contribution in [2.75, 3.05) is 6.54 Å². The Labute approximate surface area is 101 Å². The third-order valence-corrected chi connectivity index (χ3v) is 3.05. The number of pyridine rings is 1. The second kappa shape index (κ2) is 5.08. The fraction of sp³-hybridized carbons (Fsp3) is 0.462. The normalized spacial score (nSPS) is 19.4. The Bertz CT molecular complexity index is 417. The van der Waals surface area contributed by atoms with E-state index in [1.54, 1.807) is 36.2 Å². The second-order valence-corrected chi connectivity index (χ2v) is 4.42. The number of carbonyl (C=O) groups excluding carboxylic acids is 2. The lowest BCUT2D eigenvalue weighted by atomic mass is 10.1. The lowest BCUT2D eigenvalue weighted by Gasteiger charge is -2.23. The van der Waals surface area contributed by atoms with Crippen LogP contribution >= 0.6 is 0 Å². The lowest BCUT2D eigenvalue weighted by molar-refractivity contribution is -0.117. The predicted molar refractivity (Wildman–Crippen MR) is 63.6 cm³/mol. The first-order chi connectivity index (χ1) is 8.18. The zero-order valence-electron chi connectivity index (χ0n) is 9.93. The summed E-state index contributed by atoms with van der Waals surface area (Å²) in [6.45, 7) is 2.30. The molecule has 2 heterocycles. The van der Waals surface area contributed by atoms with E-state index in [1.165, 1.54) is 0 Å². The smallest absolute Gasteiger partial charge is 0.272 e. The average Bonchev–Trinajstić information content (AvgIpc) is 2.76. The summed E-state index contributed by atoms with van der Waals surface area (Å²) in [6, 6.07) is 5.36. The van der Waals surface area contributed by atoms with Crippen molar-refractivity contribution in [3.63, 3.8) is 0 Å². The van der Waals surface area contributed by atoms with Crippen molar-refractivity contribution in [3.8, 4) is 0 Å². The number of rotatable bonds is 3. The number of ketones is 1. The number of hydrogen-bond acceptors (Lipinski definition) is 3. The van der Waals surface area contributed by atoms with Crippen LogP contribution in [0.5, 0.6) is 0 Å². The molecular weight excluding hydrogens is 216 g/mol. The summed E-state index contributed by atoms with van der Waals surface area (Å²) in [5.74, 6) is 0.0741. The quantitative estimate of drug-likeness (QED) is 0.796. The van der Waals surface area contributed by atoms with Crippen LogP contribution in [-0.4, -0.2) is 34.2 Å². The summed E-state index contributed by atoms with van der Waals surface area (Å²) in [5.41, 5.74) is 0.461. The minimum Gasteiger partial charge on any atom is -0.334 e. The van der Waals surface area contributed by atoms with E-state index >= 15 is 0 Å². The van der Waals surface area contributed by atoms with Gasteiger partial charge in [0.15, 0.2) is 0 Å². The lowest BCUT2D eigenvalue weighted by Crippen LogP contribution is -2.36. The first-order valence-electron chi connectivity index (χ1n) is 5.90. The Morgan fingerprint density at radius 3 is 2.94 bits per heavy atom. The van der Waals surface area contributed by atoms with Crippen LogP contribution in [-0.2, 0) is 4.79 Å². The van der Waals surface area contributed by atoms with Crippen molar-refractivity contribution in [2.24, 2.45) is 0 Å². The molecule has 1 unspecified atom stereocenters. The van der Waals surface area contributed by atoms with Crippen LogP contribution in [0.1, 0.15) is 36.7 Å². The van der Waals surface area contributed by atoms with Crippen LogP contribution in [0.15, 0.2) is 24.4 Å². The Morgan fingerprint density at radius 1 is 1.47 bits per heavy atom. The second-order valence-electron chi connectivity index (χ2n) is 4.42. The van der Waals surface area contributed by atoms with Crippen LogP contribution in [0, 0.1) is 0 Å². The molecule has 0 spiro atoms. The van der Waals surface area contributed by atoms with Crippen molar-refractivity contribution in [3.05, 3.63) is 30.1 Å². The monoisotopic (exact) mass is 232 g/mol. The fourth-order valence-corrected chi connectivity index (χ4v) is 2.28. The maximum absolute atomic E-state index is 12.2. The largest absolute Gasteiger partial charge is 0.334 e. The number of aromatic nitrogens is 1. The minimum atomic E-state index is -0.0608. The maximum Gasteiger partial charge on any atom is 0.272 e. The SMILES string of the molecule is CC(=O)CC1CCCN1C(=O)c1ccccn1. The molecule has 1 atom stereocenters. The van der Waals surface area contributed by atoms with Gasteiger partial charge >= 0.3 is 0 Å². The van der Waals surface area contributed by atoms with Gasteiger partial charge in [-0.05, 0) is 31.9 Å². The molecule has 2 rings (SSSR count). The third kappa shape index (κ3) is 2.70. The van der Waals surface area contributed by atoms with Crippen molar-refractivity contribution < 1.29 is 9.59 Å². The molecule has 4 nitrogen and oxygen atoms in total. The summed E-state index contributed by atoms with van der Waals surface area (Å²) in [5, 5.41) is 0. The van der Waals surface area contributed by atoms with Crippen LogP contribution in [0.4, 0.5) is 0 Å². The van der Waals surface area contributed by atoms with E-state index in [0.717, 1.165) is 19.4 Å². The van der Waals surface area contributed by atoms with E-state index in [1.807, 2.05) is 0 Å². The predicted octanol–water partition coefficient (Wildman–Crippen LogP) is 1.67. The molecular formula is C13H16N2O2.